The van der Waals surface area contributed by atoms with Crippen LogP contribution in [0.4, 0.5) is 18.9 Å². The van der Waals surface area contributed by atoms with Gasteiger partial charge < -0.3 is 19.7 Å². The van der Waals surface area contributed by atoms with Crippen molar-refractivity contribution in [3.05, 3.63) is 107 Å². The lowest BCUT2D eigenvalue weighted by atomic mass is 9.86. The van der Waals surface area contributed by atoms with Gasteiger partial charge in [-0.25, -0.2) is 4.98 Å². The van der Waals surface area contributed by atoms with Crippen molar-refractivity contribution in [2.45, 2.75) is 70.0 Å². The van der Waals surface area contributed by atoms with Crippen LogP contribution in [0.5, 0.6) is 17.2 Å². The summed E-state index contributed by atoms with van der Waals surface area (Å²) in [5, 5.41) is 10.6. The first-order valence-corrected chi connectivity index (χ1v) is 19.3. The first kappa shape index (κ1) is 39.5. The van der Waals surface area contributed by atoms with Crippen LogP contribution in [0.3, 0.4) is 0 Å². The number of halogens is 3. The number of ether oxygens (including phenoxy) is 2. The first-order chi connectivity index (χ1) is 27.4. The molecule has 2 aromatic heterocycles. The second-order valence-corrected chi connectivity index (χ2v) is 14.9. The van der Waals surface area contributed by atoms with Gasteiger partial charge in [-0.2, -0.15) is 18.3 Å². The maximum Gasteiger partial charge on any atom is 0.433 e. The molecule has 7 rings (SSSR count). The van der Waals surface area contributed by atoms with Gasteiger partial charge in [-0.15, -0.1) is 0 Å². The molecular formula is C43H45F3N6O5. The molecule has 0 unspecified atom stereocenters. The molecule has 0 saturated heterocycles. The Bertz CT molecular complexity index is 2270. The van der Waals surface area contributed by atoms with Crippen LogP contribution in [0.25, 0.3) is 10.9 Å². The zero-order valence-corrected chi connectivity index (χ0v) is 31.9. The molecule has 0 atom stereocenters. The lowest BCUT2D eigenvalue weighted by molar-refractivity contribution is -0.141. The first-order valence-electron chi connectivity index (χ1n) is 19.3. The second-order valence-electron chi connectivity index (χ2n) is 14.9. The maximum atomic E-state index is 13.2. The quantitative estimate of drug-likeness (QED) is 0.0850. The van der Waals surface area contributed by atoms with E-state index >= 15 is 0 Å². The molecule has 0 bridgehead atoms. The molecule has 2 aliphatic rings. The topological polar surface area (TPSA) is 128 Å². The van der Waals surface area contributed by atoms with Crippen LogP contribution in [-0.2, 0) is 23.8 Å². The predicted molar refractivity (Wildman–Crippen MR) is 209 cm³/mol. The van der Waals surface area contributed by atoms with E-state index in [0.29, 0.717) is 39.7 Å². The van der Waals surface area contributed by atoms with Crippen molar-refractivity contribution in [3.8, 4) is 17.2 Å². The maximum absolute atomic E-state index is 13.2. The molecule has 1 aliphatic carbocycles. The molecule has 1 saturated carbocycles. The van der Waals surface area contributed by atoms with Crippen molar-refractivity contribution < 1.29 is 37.0 Å². The summed E-state index contributed by atoms with van der Waals surface area (Å²) >= 11 is 0. The molecule has 1 fully saturated rings. The highest BCUT2D eigenvalue weighted by molar-refractivity contribution is 6.11. The molecule has 3 amide bonds. The summed E-state index contributed by atoms with van der Waals surface area (Å²) in [7, 11) is 3.64. The third-order valence-electron chi connectivity index (χ3n) is 10.7. The minimum atomic E-state index is -4.66. The number of nitrogens with one attached hydrogen (secondary N) is 2. The number of aromatic nitrogens is 3. The molecular weight excluding hydrogens is 738 g/mol. The van der Waals surface area contributed by atoms with Gasteiger partial charge in [-0.05, 0) is 106 Å². The van der Waals surface area contributed by atoms with E-state index in [2.05, 4.69) is 33.6 Å². The molecule has 3 heterocycles. The van der Waals surface area contributed by atoms with E-state index in [1.54, 1.807) is 24.3 Å². The van der Waals surface area contributed by atoms with Crippen molar-refractivity contribution in [1.82, 2.24) is 25.0 Å². The largest absolute Gasteiger partial charge is 0.494 e. The third kappa shape index (κ3) is 9.45. The van der Waals surface area contributed by atoms with E-state index in [-0.39, 0.29) is 24.1 Å². The summed E-state index contributed by atoms with van der Waals surface area (Å²) in [5.41, 5.74) is 1.69. The van der Waals surface area contributed by atoms with E-state index in [1.165, 1.54) is 13.2 Å². The number of amides is 3. The Labute approximate surface area is 328 Å². The molecule has 1 aliphatic heterocycles. The van der Waals surface area contributed by atoms with Gasteiger partial charge in [0.2, 0.25) is 5.91 Å². The number of unbranched alkanes of at least 4 members (excludes halogenated alkanes) is 2. The Kier molecular flexibility index (Phi) is 11.9. The predicted octanol–water partition coefficient (Wildman–Crippen LogP) is 8.39. The van der Waals surface area contributed by atoms with Gasteiger partial charge in [0.05, 0.1) is 36.3 Å². The number of rotatable bonds is 14. The molecule has 11 nitrogen and oxygen atoms in total. The van der Waals surface area contributed by atoms with Gasteiger partial charge in [0.25, 0.3) is 11.8 Å². The minimum Gasteiger partial charge on any atom is -0.494 e. The normalized spacial score (nSPS) is 17.0. The summed E-state index contributed by atoms with van der Waals surface area (Å²) in [6.45, 7) is 2.04. The Balaban J connectivity index is 0.862. The number of benzene rings is 3. The van der Waals surface area contributed by atoms with Crippen LogP contribution in [0.15, 0.2) is 79.0 Å². The summed E-state index contributed by atoms with van der Waals surface area (Å²) < 4.78 is 53.2. The highest BCUT2D eigenvalue weighted by Gasteiger charge is 2.33. The molecule has 14 heteroatoms. The molecule has 0 radical (unpaired) electrons. The summed E-state index contributed by atoms with van der Waals surface area (Å²) in [5.74, 6) is 0.596. The standard InChI is InChI=1S/C43H45F3N6O5/c1-51(21-7-3-4-10-28-11-5-6-14-35(28)57-36-15-8-12-29-23-39(53)49-42(55)40(29)36)25-27-17-19-31(20-18-27)52-26-30-22-34(37(56-2)24-33(30)50-52)48-41(54)32-13-9-16-38(47-32)43(44,45)46/h5-6,8-9,11-16,22,24,26-27,31H,3-4,7,10,17-21,23,25H2,1-2H3,(H,48,54)(H,49,53,55)/t27-,31-. The number of hydrogen-bond acceptors (Lipinski definition) is 8. The molecule has 2 N–H and O–H groups in total. The van der Waals surface area contributed by atoms with Crippen molar-refractivity contribution >= 4 is 34.3 Å². The number of hydrogen-bond donors (Lipinski definition) is 2. The van der Waals surface area contributed by atoms with Gasteiger partial charge in [0.1, 0.15) is 28.6 Å². The summed E-state index contributed by atoms with van der Waals surface area (Å²) in [6, 6.07) is 20.1. The number of anilines is 1. The number of carbonyl (C=O) groups excluding carboxylic acids is 3. The Morgan fingerprint density at radius 1 is 0.947 bits per heavy atom. The van der Waals surface area contributed by atoms with E-state index < -0.39 is 23.7 Å². The molecule has 0 spiro atoms. The van der Waals surface area contributed by atoms with Gasteiger partial charge in [-0.1, -0.05) is 42.8 Å². The highest BCUT2D eigenvalue weighted by Crippen LogP contribution is 2.36. The fraction of sp³-hybridized carbons (Fsp3) is 0.372. The average Bonchev–Trinajstić information content (AvgIpc) is 3.61. The zero-order chi connectivity index (χ0) is 40.1. The summed E-state index contributed by atoms with van der Waals surface area (Å²) in [6.07, 6.45) is 5.60. The number of para-hydroxylation sites is 1. The Hall–Kier alpha value is -5.76. The highest BCUT2D eigenvalue weighted by atomic mass is 19.4. The fourth-order valence-electron chi connectivity index (χ4n) is 7.83. The van der Waals surface area contributed by atoms with E-state index in [9.17, 15) is 27.6 Å². The molecule has 3 aromatic carbocycles. The van der Waals surface area contributed by atoms with E-state index in [4.69, 9.17) is 14.6 Å². The molecule has 5 aromatic rings. The minimum absolute atomic E-state index is 0.154. The van der Waals surface area contributed by atoms with Gasteiger partial charge in [0.15, 0.2) is 0 Å². The number of pyridine rings is 1. The second kappa shape index (κ2) is 17.2. The van der Waals surface area contributed by atoms with Crippen LogP contribution in [0.1, 0.15) is 88.7 Å². The number of nitrogens with zero attached hydrogens (tertiary/aromatic N) is 4. The van der Waals surface area contributed by atoms with Gasteiger partial charge in [0, 0.05) is 24.2 Å². The van der Waals surface area contributed by atoms with Gasteiger partial charge in [-0.3, -0.25) is 24.4 Å². The number of fused-ring (bicyclic) bond motifs is 2. The Morgan fingerprint density at radius 2 is 1.72 bits per heavy atom. The van der Waals surface area contributed by atoms with Gasteiger partial charge >= 0.3 is 6.18 Å². The van der Waals surface area contributed by atoms with E-state index in [0.717, 1.165) is 93.3 Å². The monoisotopic (exact) mass is 782 g/mol. The summed E-state index contributed by atoms with van der Waals surface area (Å²) in [4.78, 5) is 43.2. The fourth-order valence-corrected chi connectivity index (χ4v) is 7.83. The van der Waals surface area contributed by atoms with Crippen LogP contribution in [0, 0.1) is 5.92 Å². The smallest absolute Gasteiger partial charge is 0.433 e. The number of aryl methyl sites for hydroxylation is 1. The SMILES string of the molecule is COc1cc2nn([C@H]3CC[C@H](CN(C)CCCCCc4ccccc4Oc4cccc5c4C(=O)NC(=O)C5)CC3)cc2cc1NC(=O)c1cccc(C(F)(F)F)n1. The van der Waals surface area contributed by atoms with Crippen molar-refractivity contribution in [2.24, 2.45) is 5.92 Å². The van der Waals surface area contributed by atoms with Crippen LogP contribution >= 0.6 is 0 Å². The zero-order valence-electron chi connectivity index (χ0n) is 31.9. The number of methoxy groups -OCH3 is 1. The van der Waals surface area contributed by atoms with Crippen molar-refractivity contribution in [3.63, 3.8) is 0 Å². The van der Waals surface area contributed by atoms with Crippen LogP contribution in [0.2, 0.25) is 0 Å². The number of alkyl halides is 3. The van der Waals surface area contributed by atoms with E-state index in [1.807, 2.05) is 35.1 Å². The van der Waals surface area contributed by atoms with Crippen LogP contribution < -0.4 is 20.1 Å². The van der Waals surface area contributed by atoms with Crippen LogP contribution in [-0.4, -0.2) is 64.6 Å². The lowest BCUT2D eigenvalue weighted by Gasteiger charge is -2.31. The van der Waals surface area contributed by atoms with Crippen molar-refractivity contribution in [1.29, 1.82) is 0 Å². The molecule has 57 heavy (non-hydrogen) atoms. The molecule has 298 valence electrons. The third-order valence-corrected chi connectivity index (χ3v) is 10.7. The number of carbonyl (C=O) groups is 3. The lowest BCUT2D eigenvalue weighted by Crippen LogP contribution is -2.37. The number of imide groups is 1. The Morgan fingerprint density at radius 3 is 2.51 bits per heavy atom. The van der Waals surface area contributed by atoms with Crippen molar-refractivity contribution in [2.75, 3.05) is 32.6 Å². The average molecular weight is 783 g/mol.